The molecular weight excluding hydrogens is 206 g/mol. The molecule has 96 valence electrons. The molecule has 0 saturated carbocycles. The Morgan fingerprint density at radius 3 is 2.18 bits per heavy atom. The zero-order valence-corrected chi connectivity index (χ0v) is 11.5. The van der Waals surface area contributed by atoms with E-state index in [9.17, 15) is 0 Å². The van der Waals surface area contributed by atoms with Crippen molar-refractivity contribution in [3.05, 3.63) is 29.8 Å². The monoisotopic (exact) mass is 233 g/mol. The van der Waals surface area contributed by atoms with Crippen molar-refractivity contribution >= 4 is 5.69 Å². The standard InChI is InChI=1S/C16H27N/c1-3-5-6-7-8-14-17-16-12-10-15(9-4-2)11-13-16/h10-13,17H,3-9,14H2,1-2H3. The molecule has 0 aliphatic carbocycles. The molecule has 1 heteroatoms. The van der Waals surface area contributed by atoms with Crippen molar-refractivity contribution in [1.29, 1.82) is 0 Å². The van der Waals surface area contributed by atoms with Gasteiger partial charge in [0, 0.05) is 12.2 Å². The predicted molar refractivity (Wildman–Crippen MR) is 77.7 cm³/mol. The molecular formula is C16H27N. The van der Waals surface area contributed by atoms with Gasteiger partial charge in [-0.25, -0.2) is 0 Å². The summed E-state index contributed by atoms with van der Waals surface area (Å²) in [6, 6.07) is 8.89. The summed E-state index contributed by atoms with van der Waals surface area (Å²) in [5, 5.41) is 3.49. The minimum absolute atomic E-state index is 1.11. The molecule has 1 rings (SSSR count). The first-order valence-electron chi connectivity index (χ1n) is 7.19. The minimum atomic E-state index is 1.11. The maximum Gasteiger partial charge on any atom is 0.0340 e. The Morgan fingerprint density at radius 1 is 0.824 bits per heavy atom. The van der Waals surface area contributed by atoms with Crippen molar-refractivity contribution in [2.24, 2.45) is 0 Å². The molecule has 17 heavy (non-hydrogen) atoms. The lowest BCUT2D eigenvalue weighted by molar-refractivity contribution is 0.645. The van der Waals surface area contributed by atoms with Gasteiger partial charge in [0.15, 0.2) is 0 Å². The first-order chi connectivity index (χ1) is 8.36. The first kappa shape index (κ1) is 14.1. The van der Waals surface area contributed by atoms with Gasteiger partial charge in [0.25, 0.3) is 0 Å². The molecule has 1 nitrogen and oxygen atoms in total. The molecule has 0 aromatic heterocycles. The van der Waals surface area contributed by atoms with Gasteiger partial charge in [-0.1, -0.05) is 58.1 Å². The van der Waals surface area contributed by atoms with Crippen molar-refractivity contribution in [3.63, 3.8) is 0 Å². The second-order valence-electron chi connectivity index (χ2n) is 4.79. The van der Waals surface area contributed by atoms with Crippen LogP contribution in [0, 0.1) is 0 Å². The van der Waals surface area contributed by atoms with Gasteiger partial charge in [-0.15, -0.1) is 0 Å². The molecule has 0 aliphatic rings. The highest BCUT2D eigenvalue weighted by atomic mass is 14.9. The topological polar surface area (TPSA) is 12.0 Å². The summed E-state index contributed by atoms with van der Waals surface area (Å²) in [5.74, 6) is 0. The van der Waals surface area contributed by atoms with Crippen LogP contribution in [-0.4, -0.2) is 6.54 Å². The number of benzene rings is 1. The van der Waals surface area contributed by atoms with E-state index in [4.69, 9.17) is 0 Å². The fraction of sp³-hybridized carbons (Fsp3) is 0.625. The van der Waals surface area contributed by atoms with Gasteiger partial charge in [-0.2, -0.15) is 0 Å². The van der Waals surface area contributed by atoms with Crippen molar-refractivity contribution in [3.8, 4) is 0 Å². The Bertz CT molecular complexity index is 276. The van der Waals surface area contributed by atoms with Crippen molar-refractivity contribution < 1.29 is 0 Å². The van der Waals surface area contributed by atoms with Crippen LogP contribution in [0.5, 0.6) is 0 Å². The number of unbranched alkanes of at least 4 members (excludes halogenated alkanes) is 4. The molecule has 0 radical (unpaired) electrons. The van der Waals surface area contributed by atoms with E-state index in [1.165, 1.54) is 56.2 Å². The van der Waals surface area contributed by atoms with E-state index in [1.807, 2.05) is 0 Å². The van der Waals surface area contributed by atoms with Crippen LogP contribution in [-0.2, 0) is 6.42 Å². The summed E-state index contributed by atoms with van der Waals surface area (Å²) in [6.45, 7) is 5.59. The van der Waals surface area contributed by atoms with Gasteiger partial charge in [0.2, 0.25) is 0 Å². The predicted octanol–water partition coefficient (Wildman–Crippen LogP) is 5.02. The van der Waals surface area contributed by atoms with Crippen LogP contribution in [0.2, 0.25) is 0 Å². The number of hydrogen-bond donors (Lipinski definition) is 1. The fourth-order valence-electron chi connectivity index (χ4n) is 2.04. The Kier molecular flexibility index (Phi) is 7.53. The van der Waals surface area contributed by atoms with Crippen LogP contribution in [0.3, 0.4) is 0 Å². The molecule has 0 aliphatic heterocycles. The maximum absolute atomic E-state index is 3.49. The van der Waals surface area contributed by atoms with Gasteiger partial charge >= 0.3 is 0 Å². The number of anilines is 1. The normalized spacial score (nSPS) is 10.5. The summed E-state index contributed by atoms with van der Waals surface area (Å²) >= 11 is 0. The highest BCUT2D eigenvalue weighted by Gasteiger charge is 1.94. The van der Waals surface area contributed by atoms with Crippen LogP contribution < -0.4 is 5.32 Å². The van der Waals surface area contributed by atoms with Crippen molar-refractivity contribution in [1.82, 2.24) is 0 Å². The first-order valence-corrected chi connectivity index (χ1v) is 7.19. The van der Waals surface area contributed by atoms with Crippen molar-refractivity contribution in [2.75, 3.05) is 11.9 Å². The molecule has 0 saturated heterocycles. The summed E-state index contributed by atoms with van der Waals surface area (Å²) in [4.78, 5) is 0. The van der Waals surface area contributed by atoms with E-state index in [0.29, 0.717) is 0 Å². The quantitative estimate of drug-likeness (QED) is 0.590. The van der Waals surface area contributed by atoms with Gasteiger partial charge < -0.3 is 5.32 Å². The molecule has 1 aromatic carbocycles. The number of rotatable bonds is 9. The molecule has 0 unspecified atom stereocenters. The third kappa shape index (κ3) is 6.35. The number of nitrogens with one attached hydrogen (secondary N) is 1. The molecule has 0 heterocycles. The van der Waals surface area contributed by atoms with E-state index in [1.54, 1.807) is 0 Å². The molecule has 0 atom stereocenters. The summed E-state index contributed by atoms with van der Waals surface area (Å²) in [7, 11) is 0. The number of aryl methyl sites for hydroxylation is 1. The highest BCUT2D eigenvalue weighted by molar-refractivity contribution is 5.44. The second-order valence-corrected chi connectivity index (χ2v) is 4.79. The molecule has 0 amide bonds. The van der Waals surface area contributed by atoms with E-state index in [-0.39, 0.29) is 0 Å². The zero-order chi connectivity index (χ0) is 12.3. The molecule has 0 spiro atoms. The smallest absolute Gasteiger partial charge is 0.0340 e. The third-order valence-corrected chi connectivity index (χ3v) is 3.10. The Labute approximate surface area is 107 Å². The third-order valence-electron chi connectivity index (χ3n) is 3.10. The van der Waals surface area contributed by atoms with E-state index in [0.717, 1.165) is 6.54 Å². The van der Waals surface area contributed by atoms with E-state index >= 15 is 0 Å². The zero-order valence-electron chi connectivity index (χ0n) is 11.5. The van der Waals surface area contributed by atoms with Gasteiger partial charge in [0.1, 0.15) is 0 Å². The lowest BCUT2D eigenvalue weighted by Crippen LogP contribution is -2.01. The van der Waals surface area contributed by atoms with Gasteiger partial charge in [-0.3, -0.25) is 0 Å². The van der Waals surface area contributed by atoms with Crippen LogP contribution in [0.4, 0.5) is 5.69 Å². The average molecular weight is 233 g/mol. The maximum atomic E-state index is 3.49. The SMILES string of the molecule is CCCCCCCNc1ccc(CCC)cc1. The van der Waals surface area contributed by atoms with Gasteiger partial charge in [-0.05, 0) is 30.5 Å². The van der Waals surface area contributed by atoms with E-state index in [2.05, 4.69) is 43.4 Å². The Balaban J connectivity index is 2.14. The van der Waals surface area contributed by atoms with Gasteiger partial charge in [0.05, 0.1) is 0 Å². The lowest BCUT2D eigenvalue weighted by atomic mass is 10.1. The van der Waals surface area contributed by atoms with Crippen LogP contribution in [0.1, 0.15) is 57.9 Å². The summed E-state index contributed by atoms with van der Waals surface area (Å²) in [5.41, 5.74) is 2.71. The molecule has 0 fully saturated rings. The second kappa shape index (κ2) is 9.09. The molecule has 1 aromatic rings. The summed E-state index contributed by atoms with van der Waals surface area (Å²) < 4.78 is 0. The lowest BCUT2D eigenvalue weighted by Gasteiger charge is -2.07. The Morgan fingerprint density at radius 2 is 1.53 bits per heavy atom. The fourth-order valence-corrected chi connectivity index (χ4v) is 2.04. The average Bonchev–Trinajstić information content (AvgIpc) is 2.36. The largest absolute Gasteiger partial charge is 0.385 e. The number of hydrogen-bond acceptors (Lipinski definition) is 1. The highest BCUT2D eigenvalue weighted by Crippen LogP contribution is 2.11. The van der Waals surface area contributed by atoms with Crippen LogP contribution in [0.15, 0.2) is 24.3 Å². The summed E-state index contributed by atoms with van der Waals surface area (Å²) in [6.07, 6.45) is 9.15. The van der Waals surface area contributed by atoms with Crippen LogP contribution >= 0.6 is 0 Å². The van der Waals surface area contributed by atoms with Crippen LogP contribution in [0.25, 0.3) is 0 Å². The molecule has 0 bridgehead atoms. The molecule has 1 N–H and O–H groups in total. The van der Waals surface area contributed by atoms with Crippen molar-refractivity contribution in [2.45, 2.75) is 58.8 Å². The van der Waals surface area contributed by atoms with E-state index < -0.39 is 0 Å². The Hall–Kier alpha value is -0.980. The minimum Gasteiger partial charge on any atom is -0.385 e.